The maximum absolute atomic E-state index is 13.8. The molecular formula is C20H28ClFN4O. The summed E-state index contributed by atoms with van der Waals surface area (Å²) < 4.78 is 13.8. The van der Waals surface area contributed by atoms with Gasteiger partial charge in [0.25, 0.3) is 0 Å². The normalized spacial score (nSPS) is 34.4. The number of fused-ring (bicyclic) bond motifs is 4. The number of carbonyl (C=O) groups is 1. The Balaban J connectivity index is 1.44. The first-order valence-corrected chi connectivity index (χ1v) is 10.2. The molecule has 0 radical (unpaired) electrons. The van der Waals surface area contributed by atoms with Gasteiger partial charge in [-0.05, 0) is 19.3 Å². The molecule has 4 rings (SSSR count). The van der Waals surface area contributed by atoms with Gasteiger partial charge in [-0.1, -0.05) is 39.3 Å². The lowest BCUT2D eigenvalue weighted by Crippen LogP contribution is -2.48. The number of amides is 2. The van der Waals surface area contributed by atoms with Gasteiger partial charge in [0.2, 0.25) is 0 Å². The minimum Gasteiger partial charge on any atom is -0.338 e. The number of hydrogen-bond acceptors (Lipinski definition) is 3. The summed E-state index contributed by atoms with van der Waals surface area (Å²) >= 11 is 5.77. The zero-order valence-electron chi connectivity index (χ0n) is 16.5. The van der Waals surface area contributed by atoms with Crippen molar-refractivity contribution < 1.29 is 9.18 Å². The second-order valence-corrected chi connectivity index (χ2v) is 10.2. The van der Waals surface area contributed by atoms with Crippen LogP contribution in [0.5, 0.6) is 0 Å². The molecule has 2 aliphatic heterocycles. The summed E-state index contributed by atoms with van der Waals surface area (Å²) in [7, 11) is 0. The summed E-state index contributed by atoms with van der Waals surface area (Å²) in [5.74, 6) is 0.854. The fourth-order valence-corrected chi connectivity index (χ4v) is 4.79. The molecule has 1 N–H and O–H groups in total. The molecule has 1 aromatic rings. The Kier molecular flexibility index (Phi) is 4.22. The van der Waals surface area contributed by atoms with Crippen LogP contribution in [-0.4, -0.2) is 38.6 Å². The van der Waals surface area contributed by atoms with Gasteiger partial charge in [0.05, 0.1) is 11.7 Å². The van der Waals surface area contributed by atoms with Crippen LogP contribution in [0.15, 0.2) is 6.20 Å². The standard InChI is InChI=1S/C20H28ClFN4O/c1-18(2,3)16-24-10-13-14(25-16)9-12-5-6-15(13)26(12)17(27)23-8-7-19(4)11-20(19,21)22/h10,12,15H,5-9,11H2,1-4H3,(H,23,27). The summed E-state index contributed by atoms with van der Waals surface area (Å²) in [6, 6.07) is 0.143. The number of hydrogen-bond donors (Lipinski definition) is 1. The molecule has 1 saturated carbocycles. The van der Waals surface area contributed by atoms with E-state index >= 15 is 0 Å². The summed E-state index contributed by atoms with van der Waals surface area (Å²) in [6.07, 6.45) is 5.51. The first kappa shape index (κ1) is 18.9. The van der Waals surface area contributed by atoms with E-state index in [0.29, 0.717) is 19.4 Å². The SMILES string of the molecule is CC(C)(C)c1ncc2c(n1)CC1CCC2N1C(=O)NCCC1(C)CC1(F)Cl. The molecule has 1 aromatic heterocycles. The number of carbonyl (C=O) groups excluding carboxylic acids is 1. The molecule has 5 nitrogen and oxygen atoms in total. The highest BCUT2D eigenvalue weighted by Gasteiger charge is 2.64. The van der Waals surface area contributed by atoms with Crippen LogP contribution < -0.4 is 5.32 Å². The van der Waals surface area contributed by atoms with Gasteiger partial charge in [-0.3, -0.25) is 0 Å². The predicted molar refractivity (Wildman–Crippen MR) is 102 cm³/mol. The van der Waals surface area contributed by atoms with Crippen molar-refractivity contribution in [1.29, 1.82) is 0 Å². The number of urea groups is 1. The Hall–Kier alpha value is -1.43. The molecule has 1 saturated heterocycles. The Labute approximate surface area is 165 Å². The molecule has 0 spiro atoms. The fourth-order valence-electron chi connectivity index (χ4n) is 4.40. The Morgan fingerprint density at radius 1 is 1.44 bits per heavy atom. The van der Waals surface area contributed by atoms with Crippen LogP contribution in [0.4, 0.5) is 9.18 Å². The first-order valence-electron chi connectivity index (χ1n) is 9.82. The number of rotatable bonds is 3. The number of nitrogens with zero attached hydrogens (tertiary/aromatic N) is 3. The van der Waals surface area contributed by atoms with Crippen molar-refractivity contribution >= 4 is 17.6 Å². The molecule has 2 amide bonds. The highest BCUT2D eigenvalue weighted by molar-refractivity contribution is 6.25. The Bertz CT molecular complexity index is 778. The molecule has 2 fully saturated rings. The monoisotopic (exact) mass is 394 g/mol. The van der Waals surface area contributed by atoms with Crippen LogP contribution in [0.3, 0.4) is 0 Å². The molecule has 2 bridgehead atoms. The van der Waals surface area contributed by atoms with Gasteiger partial charge in [0.1, 0.15) is 5.82 Å². The third kappa shape index (κ3) is 3.20. The number of alkyl halides is 2. The molecule has 0 aromatic carbocycles. The zero-order chi connectivity index (χ0) is 19.6. The minimum atomic E-state index is -1.61. The zero-order valence-corrected chi connectivity index (χ0v) is 17.2. The van der Waals surface area contributed by atoms with Gasteiger partial charge in [-0.15, -0.1) is 0 Å². The lowest BCUT2D eigenvalue weighted by atomic mass is 9.93. The molecule has 3 heterocycles. The lowest BCUT2D eigenvalue weighted by molar-refractivity contribution is 0.163. The summed E-state index contributed by atoms with van der Waals surface area (Å²) in [5, 5.41) is 1.37. The maximum atomic E-state index is 13.8. The molecule has 4 unspecified atom stereocenters. The first-order chi connectivity index (χ1) is 12.5. The Morgan fingerprint density at radius 2 is 2.15 bits per heavy atom. The van der Waals surface area contributed by atoms with Crippen LogP contribution in [0.2, 0.25) is 0 Å². The van der Waals surface area contributed by atoms with E-state index in [1.165, 1.54) is 0 Å². The third-order valence-corrected chi connectivity index (χ3v) is 7.01. The number of nitrogens with one attached hydrogen (secondary N) is 1. The van der Waals surface area contributed by atoms with Crippen molar-refractivity contribution in [2.24, 2.45) is 5.41 Å². The largest absolute Gasteiger partial charge is 0.338 e. The van der Waals surface area contributed by atoms with Crippen molar-refractivity contribution in [1.82, 2.24) is 20.2 Å². The van der Waals surface area contributed by atoms with E-state index in [1.54, 1.807) is 0 Å². The van der Waals surface area contributed by atoms with Crippen molar-refractivity contribution in [3.63, 3.8) is 0 Å². The van der Waals surface area contributed by atoms with Crippen molar-refractivity contribution in [3.8, 4) is 0 Å². The average Bonchev–Trinajstić information content (AvgIpc) is 2.90. The van der Waals surface area contributed by atoms with Crippen molar-refractivity contribution in [2.75, 3.05) is 6.54 Å². The van der Waals surface area contributed by atoms with Crippen LogP contribution in [0.25, 0.3) is 0 Å². The van der Waals surface area contributed by atoms with E-state index in [2.05, 4.69) is 31.1 Å². The van der Waals surface area contributed by atoms with E-state index in [0.717, 1.165) is 36.3 Å². The highest BCUT2D eigenvalue weighted by atomic mass is 35.5. The molecule has 3 aliphatic rings. The predicted octanol–water partition coefficient (Wildman–Crippen LogP) is 4.25. The fraction of sp³-hybridized carbons (Fsp3) is 0.750. The molecule has 27 heavy (non-hydrogen) atoms. The second kappa shape index (κ2) is 6.03. The second-order valence-electron chi connectivity index (χ2n) is 9.63. The van der Waals surface area contributed by atoms with Gasteiger partial charge < -0.3 is 10.2 Å². The Morgan fingerprint density at radius 3 is 2.78 bits per heavy atom. The highest BCUT2D eigenvalue weighted by Crippen LogP contribution is 2.63. The quantitative estimate of drug-likeness (QED) is 0.779. The molecule has 1 aliphatic carbocycles. The van der Waals surface area contributed by atoms with Gasteiger partial charge >= 0.3 is 6.03 Å². The van der Waals surface area contributed by atoms with Crippen LogP contribution in [0.1, 0.15) is 76.5 Å². The lowest BCUT2D eigenvalue weighted by Gasteiger charge is -2.36. The molecule has 7 heteroatoms. The molecular weight excluding hydrogens is 367 g/mol. The van der Waals surface area contributed by atoms with Crippen molar-refractivity contribution in [2.45, 2.75) is 82.4 Å². The van der Waals surface area contributed by atoms with Gasteiger partial charge in [0, 0.05) is 48.0 Å². The van der Waals surface area contributed by atoms with Gasteiger partial charge in [0.15, 0.2) is 5.13 Å². The topological polar surface area (TPSA) is 58.1 Å². The van der Waals surface area contributed by atoms with E-state index in [-0.39, 0.29) is 23.5 Å². The molecule has 148 valence electrons. The third-order valence-electron chi connectivity index (χ3n) is 6.42. The van der Waals surface area contributed by atoms with Gasteiger partial charge in [-0.25, -0.2) is 19.2 Å². The van der Waals surface area contributed by atoms with E-state index < -0.39 is 10.5 Å². The van der Waals surface area contributed by atoms with Crippen LogP contribution >= 0.6 is 11.6 Å². The smallest absolute Gasteiger partial charge is 0.318 e. The number of halogens is 2. The van der Waals surface area contributed by atoms with Crippen LogP contribution in [-0.2, 0) is 11.8 Å². The average molecular weight is 395 g/mol. The van der Waals surface area contributed by atoms with E-state index in [4.69, 9.17) is 16.6 Å². The van der Waals surface area contributed by atoms with Gasteiger partial charge in [-0.2, -0.15) is 0 Å². The number of aromatic nitrogens is 2. The summed E-state index contributed by atoms with van der Waals surface area (Å²) in [4.78, 5) is 24.1. The van der Waals surface area contributed by atoms with Crippen molar-refractivity contribution in [3.05, 3.63) is 23.3 Å². The molecule has 4 atom stereocenters. The van der Waals surface area contributed by atoms with E-state index in [1.807, 2.05) is 18.0 Å². The summed E-state index contributed by atoms with van der Waals surface area (Å²) in [5.41, 5.74) is 1.55. The minimum absolute atomic E-state index is 0.0394. The summed E-state index contributed by atoms with van der Waals surface area (Å²) in [6.45, 7) is 8.60. The van der Waals surface area contributed by atoms with E-state index in [9.17, 15) is 9.18 Å². The van der Waals surface area contributed by atoms with Crippen LogP contribution in [0, 0.1) is 5.41 Å². The maximum Gasteiger partial charge on any atom is 0.318 e.